The van der Waals surface area contributed by atoms with E-state index in [9.17, 15) is 4.79 Å². The van der Waals surface area contributed by atoms with Crippen LogP contribution in [0.25, 0.3) is 0 Å². The first-order chi connectivity index (χ1) is 11.0. The second-order valence-electron chi connectivity index (χ2n) is 6.01. The third-order valence-corrected chi connectivity index (χ3v) is 3.75. The van der Waals surface area contributed by atoms with E-state index in [1.54, 1.807) is 6.20 Å². The molecule has 1 heterocycles. The maximum Gasteiger partial charge on any atom is 0.258 e. The van der Waals surface area contributed by atoms with Crippen LogP contribution in [0.3, 0.4) is 0 Å². The van der Waals surface area contributed by atoms with Gasteiger partial charge >= 0.3 is 0 Å². The third kappa shape index (κ3) is 4.81. The Labute approximate surface area is 137 Å². The van der Waals surface area contributed by atoms with Gasteiger partial charge in [-0.3, -0.25) is 9.78 Å². The highest BCUT2D eigenvalue weighted by Crippen LogP contribution is 2.24. The first-order valence-corrected chi connectivity index (χ1v) is 7.91. The molecule has 0 saturated carbocycles. The van der Waals surface area contributed by atoms with Crippen molar-refractivity contribution in [2.24, 2.45) is 0 Å². The van der Waals surface area contributed by atoms with Crippen molar-refractivity contribution in [3.63, 3.8) is 0 Å². The summed E-state index contributed by atoms with van der Waals surface area (Å²) in [5, 5.41) is 2.90. The Morgan fingerprint density at radius 1 is 1.22 bits per heavy atom. The van der Waals surface area contributed by atoms with Crippen molar-refractivity contribution in [2.45, 2.75) is 39.7 Å². The summed E-state index contributed by atoms with van der Waals surface area (Å²) in [5.74, 6) is 1.03. The van der Waals surface area contributed by atoms with Crippen molar-refractivity contribution in [1.82, 2.24) is 10.3 Å². The molecule has 1 aromatic carbocycles. The van der Waals surface area contributed by atoms with E-state index in [2.05, 4.69) is 30.2 Å². The fraction of sp³-hybridized carbons (Fsp3) is 0.368. The predicted molar refractivity (Wildman–Crippen MR) is 91.6 cm³/mol. The van der Waals surface area contributed by atoms with Crippen molar-refractivity contribution in [2.75, 3.05) is 6.61 Å². The minimum atomic E-state index is -0.155. The second kappa shape index (κ2) is 7.77. The average Bonchev–Trinajstić information content (AvgIpc) is 2.54. The van der Waals surface area contributed by atoms with Gasteiger partial charge in [0.2, 0.25) is 0 Å². The van der Waals surface area contributed by atoms with E-state index < -0.39 is 0 Å². The van der Waals surface area contributed by atoms with Crippen LogP contribution in [-0.2, 0) is 4.79 Å². The molecule has 2 rings (SSSR count). The van der Waals surface area contributed by atoms with Crippen LogP contribution in [0.15, 0.2) is 42.6 Å². The molecule has 4 nitrogen and oxygen atoms in total. The quantitative estimate of drug-likeness (QED) is 0.883. The van der Waals surface area contributed by atoms with Crippen molar-refractivity contribution >= 4 is 5.91 Å². The number of carbonyl (C=O) groups is 1. The first-order valence-electron chi connectivity index (χ1n) is 7.91. The number of carbonyl (C=O) groups excluding carboxylic acids is 1. The van der Waals surface area contributed by atoms with E-state index >= 15 is 0 Å². The Hall–Kier alpha value is -2.36. The van der Waals surface area contributed by atoms with Gasteiger partial charge in [-0.25, -0.2) is 0 Å². The number of hydrogen-bond acceptors (Lipinski definition) is 3. The van der Waals surface area contributed by atoms with Crippen LogP contribution < -0.4 is 10.1 Å². The molecule has 0 aliphatic rings. The van der Waals surface area contributed by atoms with Gasteiger partial charge in [-0.05, 0) is 49.1 Å². The lowest BCUT2D eigenvalue weighted by atomic mass is 10.0. The normalized spacial score (nSPS) is 12.0. The number of amides is 1. The Morgan fingerprint density at radius 2 is 2.00 bits per heavy atom. The van der Waals surface area contributed by atoms with Crippen LogP contribution in [0.1, 0.15) is 49.6 Å². The Kier molecular flexibility index (Phi) is 5.74. The van der Waals surface area contributed by atoms with Gasteiger partial charge in [-0.1, -0.05) is 32.0 Å². The zero-order valence-corrected chi connectivity index (χ0v) is 14.2. The number of pyridine rings is 1. The van der Waals surface area contributed by atoms with Crippen LogP contribution >= 0.6 is 0 Å². The van der Waals surface area contributed by atoms with Crippen LogP contribution in [0.4, 0.5) is 0 Å². The van der Waals surface area contributed by atoms with Gasteiger partial charge in [-0.15, -0.1) is 0 Å². The standard InChI is InChI=1S/C19H24N2O2/c1-13(2)16-9-8-14(3)18(11-16)23-12-19(22)21-15(4)17-7-5-6-10-20-17/h5-11,13,15H,12H2,1-4H3,(H,21,22). The van der Waals surface area contributed by atoms with Crippen molar-refractivity contribution < 1.29 is 9.53 Å². The molecule has 0 saturated heterocycles. The van der Waals surface area contributed by atoms with Crippen LogP contribution in [0.5, 0.6) is 5.75 Å². The van der Waals surface area contributed by atoms with Gasteiger partial charge in [0.25, 0.3) is 5.91 Å². The highest BCUT2D eigenvalue weighted by atomic mass is 16.5. The molecule has 4 heteroatoms. The van der Waals surface area contributed by atoms with Crippen LogP contribution in [0, 0.1) is 6.92 Å². The fourth-order valence-electron chi connectivity index (χ4n) is 2.26. The molecule has 2 aromatic rings. The smallest absolute Gasteiger partial charge is 0.258 e. The third-order valence-electron chi connectivity index (χ3n) is 3.75. The van der Waals surface area contributed by atoms with Gasteiger partial charge in [-0.2, -0.15) is 0 Å². The molecule has 0 fully saturated rings. The summed E-state index contributed by atoms with van der Waals surface area (Å²) in [6.45, 7) is 8.16. The number of nitrogens with one attached hydrogen (secondary N) is 1. The molecule has 122 valence electrons. The summed E-state index contributed by atoms with van der Waals surface area (Å²) >= 11 is 0. The van der Waals surface area contributed by atoms with E-state index in [4.69, 9.17) is 4.74 Å². The van der Waals surface area contributed by atoms with Crippen LogP contribution in [0.2, 0.25) is 0 Å². The molecule has 1 aromatic heterocycles. The van der Waals surface area contributed by atoms with Gasteiger partial charge in [0.1, 0.15) is 5.75 Å². The minimum Gasteiger partial charge on any atom is -0.483 e. The first kappa shape index (κ1) is 17.0. The number of ether oxygens (including phenoxy) is 1. The second-order valence-corrected chi connectivity index (χ2v) is 6.01. The molecule has 1 unspecified atom stereocenters. The summed E-state index contributed by atoms with van der Waals surface area (Å²) < 4.78 is 5.69. The molecule has 0 radical (unpaired) electrons. The molecular formula is C19H24N2O2. The molecule has 0 spiro atoms. The Bertz CT molecular complexity index is 654. The topological polar surface area (TPSA) is 51.2 Å². The summed E-state index contributed by atoms with van der Waals surface area (Å²) in [6.07, 6.45) is 1.72. The van der Waals surface area contributed by atoms with Gasteiger partial charge in [0.15, 0.2) is 6.61 Å². The lowest BCUT2D eigenvalue weighted by Gasteiger charge is -2.15. The lowest BCUT2D eigenvalue weighted by Crippen LogP contribution is -2.31. The van der Waals surface area contributed by atoms with E-state index in [-0.39, 0.29) is 18.6 Å². The maximum atomic E-state index is 12.1. The average molecular weight is 312 g/mol. The van der Waals surface area contributed by atoms with E-state index in [1.807, 2.05) is 44.2 Å². The summed E-state index contributed by atoms with van der Waals surface area (Å²) in [6, 6.07) is 11.6. The number of nitrogens with zero attached hydrogens (tertiary/aromatic N) is 1. The van der Waals surface area contributed by atoms with E-state index in [1.165, 1.54) is 5.56 Å². The number of aromatic nitrogens is 1. The molecule has 1 N–H and O–H groups in total. The Balaban J connectivity index is 1.93. The largest absolute Gasteiger partial charge is 0.483 e. The maximum absolute atomic E-state index is 12.1. The highest BCUT2D eigenvalue weighted by Gasteiger charge is 2.12. The number of aryl methyl sites for hydroxylation is 1. The fourth-order valence-corrected chi connectivity index (χ4v) is 2.26. The van der Waals surface area contributed by atoms with Gasteiger partial charge in [0, 0.05) is 6.20 Å². The predicted octanol–water partition coefficient (Wildman–Crippen LogP) is 3.77. The van der Waals surface area contributed by atoms with Crippen molar-refractivity contribution in [3.05, 3.63) is 59.4 Å². The number of benzene rings is 1. The SMILES string of the molecule is Cc1ccc(C(C)C)cc1OCC(=O)NC(C)c1ccccn1. The van der Waals surface area contributed by atoms with E-state index in [0.717, 1.165) is 17.0 Å². The molecule has 0 aliphatic carbocycles. The van der Waals surface area contributed by atoms with E-state index in [0.29, 0.717) is 5.92 Å². The lowest BCUT2D eigenvalue weighted by molar-refractivity contribution is -0.123. The zero-order chi connectivity index (χ0) is 16.8. The molecule has 23 heavy (non-hydrogen) atoms. The zero-order valence-electron chi connectivity index (χ0n) is 14.2. The number of hydrogen-bond donors (Lipinski definition) is 1. The summed E-state index contributed by atoms with van der Waals surface area (Å²) in [4.78, 5) is 16.3. The summed E-state index contributed by atoms with van der Waals surface area (Å²) in [5.41, 5.74) is 3.06. The Morgan fingerprint density at radius 3 is 2.65 bits per heavy atom. The van der Waals surface area contributed by atoms with Crippen molar-refractivity contribution in [3.8, 4) is 5.75 Å². The highest BCUT2D eigenvalue weighted by molar-refractivity contribution is 5.78. The van der Waals surface area contributed by atoms with Gasteiger partial charge in [0.05, 0.1) is 11.7 Å². The molecule has 1 atom stereocenters. The summed E-state index contributed by atoms with van der Waals surface area (Å²) in [7, 11) is 0. The monoisotopic (exact) mass is 312 g/mol. The van der Waals surface area contributed by atoms with Gasteiger partial charge < -0.3 is 10.1 Å². The van der Waals surface area contributed by atoms with Crippen LogP contribution in [-0.4, -0.2) is 17.5 Å². The molecule has 1 amide bonds. The number of rotatable bonds is 6. The molecule has 0 aliphatic heterocycles. The molecule has 0 bridgehead atoms. The molecular weight excluding hydrogens is 288 g/mol. The van der Waals surface area contributed by atoms with Crippen molar-refractivity contribution in [1.29, 1.82) is 0 Å². The minimum absolute atomic E-state index is 0.000434.